The van der Waals surface area contributed by atoms with Crippen LogP contribution in [0.3, 0.4) is 0 Å². The molecule has 0 unspecified atom stereocenters. The molecule has 5 heteroatoms. The van der Waals surface area contributed by atoms with Gasteiger partial charge in [-0.1, -0.05) is 0 Å². The van der Waals surface area contributed by atoms with E-state index in [1.165, 1.54) is 5.56 Å². The van der Waals surface area contributed by atoms with Gasteiger partial charge in [0.15, 0.2) is 0 Å². The summed E-state index contributed by atoms with van der Waals surface area (Å²) in [6.45, 7) is 8.30. The van der Waals surface area contributed by atoms with Gasteiger partial charge in [-0.3, -0.25) is 10.00 Å². The number of aromatic nitrogens is 2. The average molecular weight is 237 g/mol. The number of H-pyrrole nitrogens is 1. The van der Waals surface area contributed by atoms with E-state index in [0.29, 0.717) is 6.54 Å². The molecule has 0 saturated heterocycles. The monoisotopic (exact) mass is 237 g/mol. The fourth-order valence-corrected chi connectivity index (χ4v) is 2.04. The van der Waals surface area contributed by atoms with Gasteiger partial charge in [0, 0.05) is 6.54 Å². The predicted octanol–water partition coefficient (Wildman–Crippen LogP) is 2.26. The minimum atomic E-state index is -0.453. The van der Waals surface area contributed by atoms with Crippen LogP contribution in [0.15, 0.2) is 6.20 Å². The lowest BCUT2D eigenvalue weighted by Gasteiger charge is -2.34. The van der Waals surface area contributed by atoms with Crippen molar-refractivity contribution in [3.05, 3.63) is 17.5 Å². The van der Waals surface area contributed by atoms with Crippen LogP contribution in [-0.2, 0) is 11.2 Å². The summed E-state index contributed by atoms with van der Waals surface area (Å²) in [5, 5.41) is 6.97. The Morgan fingerprint density at radius 1 is 1.59 bits per heavy atom. The van der Waals surface area contributed by atoms with E-state index in [1.807, 2.05) is 33.9 Å². The largest absolute Gasteiger partial charge is 0.444 e. The van der Waals surface area contributed by atoms with Gasteiger partial charge in [0.05, 0.1) is 17.9 Å². The first-order valence-corrected chi connectivity index (χ1v) is 5.90. The summed E-state index contributed by atoms with van der Waals surface area (Å²) in [5.41, 5.74) is 1.75. The molecule has 17 heavy (non-hydrogen) atoms. The number of carbonyl (C=O) groups excluding carboxylic acids is 1. The van der Waals surface area contributed by atoms with Crippen LogP contribution in [-0.4, -0.2) is 33.3 Å². The molecule has 1 atom stereocenters. The number of fused-ring (bicyclic) bond motifs is 1. The van der Waals surface area contributed by atoms with Gasteiger partial charge < -0.3 is 4.74 Å². The molecule has 0 aromatic carbocycles. The molecule has 2 rings (SSSR count). The van der Waals surface area contributed by atoms with Crippen LogP contribution < -0.4 is 0 Å². The lowest BCUT2D eigenvalue weighted by molar-refractivity contribution is 0.0156. The number of hydrogen-bond acceptors (Lipinski definition) is 3. The minimum absolute atomic E-state index is 0.00361. The number of aromatic amines is 1. The maximum Gasteiger partial charge on any atom is 0.410 e. The lowest BCUT2D eigenvalue weighted by Crippen LogP contribution is -2.42. The van der Waals surface area contributed by atoms with Crippen LogP contribution in [0.5, 0.6) is 0 Å². The summed E-state index contributed by atoms with van der Waals surface area (Å²) in [6.07, 6.45) is 2.40. The summed E-state index contributed by atoms with van der Waals surface area (Å²) in [7, 11) is 0. The topological polar surface area (TPSA) is 58.2 Å². The van der Waals surface area contributed by atoms with E-state index >= 15 is 0 Å². The average Bonchev–Trinajstić information content (AvgIpc) is 2.63. The summed E-state index contributed by atoms with van der Waals surface area (Å²) in [4.78, 5) is 13.8. The fraction of sp³-hybridized carbons (Fsp3) is 0.667. The number of hydrogen-bond donors (Lipinski definition) is 1. The molecule has 1 aliphatic rings. The number of amides is 1. The maximum absolute atomic E-state index is 12.0. The Kier molecular flexibility index (Phi) is 2.85. The van der Waals surface area contributed by atoms with Gasteiger partial charge >= 0.3 is 6.09 Å². The summed E-state index contributed by atoms with van der Waals surface area (Å²) >= 11 is 0. The van der Waals surface area contributed by atoms with Gasteiger partial charge in [0.1, 0.15) is 5.60 Å². The van der Waals surface area contributed by atoms with Crippen molar-refractivity contribution in [3.8, 4) is 0 Å². The van der Waals surface area contributed by atoms with Crippen LogP contribution in [0.4, 0.5) is 4.79 Å². The van der Waals surface area contributed by atoms with Crippen LogP contribution in [0.25, 0.3) is 0 Å². The van der Waals surface area contributed by atoms with Crippen molar-refractivity contribution in [2.75, 3.05) is 6.54 Å². The first-order valence-electron chi connectivity index (χ1n) is 5.90. The summed E-state index contributed by atoms with van der Waals surface area (Å²) in [5.74, 6) is 0. The Hall–Kier alpha value is -1.52. The van der Waals surface area contributed by atoms with E-state index in [1.54, 1.807) is 4.90 Å². The van der Waals surface area contributed by atoms with Gasteiger partial charge in [-0.15, -0.1) is 0 Å². The Balaban J connectivity index is 2.12. The van der Waals surface area contributed by atoms with Gasteiger partial charge in [0.2, 0.25) is 0 Å². The number of rotatable bonds is 0. The quantitative estimate of drug-likeness (QED) is 0.753. The molecule has 0 radical (unpaired) electrons. The van der Waals surface area contributed by atoms with Crippen LogP contribution in [0, 0.1) is 0 Å². The highest BCUT2D eigenvalue weighted by Gasteiger charge is 2.31. The van der Waals surface area contributed by atoms with Gasteiger partial charge in [0.25, 0.3) is 0 Å². The molecule has 0 bridgehead atoms. The Labute approximate surface area is 101 Å². The fourth-order valence-electron chi connectivity index (χ4n) is 2.04. The number of ether oxygens (including phenoxy) is 1. The van der Waals surface area contributed by atoms with Crippen molar-refractivity contribution in [2.45, 2.75) is 45.8 Å². The van der Waals surface area contributed by atoms with Crippen molar-refractivity contribution in [3.63, 3.8) is 0 Å². The third-order valence-electron chi connectivity index (χ3n) is 2.89. The Bertz CT molecular complexity index is 420. The molecule has 94 valence electrons. The van der Waals surface area contributed by atoms with Crippen molar-refractivity contribution in [1.29, 1.82) is 0 Å². The Morgan fingerprint density at radius 2 is 2.29 bits per heavy atom. The zero-order valence-electron chi connectivity index (χ0n) is 10.8. The molecule has 0 spiro atoms. The molecule has 1 aromatic rings. The van der Waals surface area contributed by atoms with Crippen LogP contribution in [0.2, 0.25) is 0 Å². The van der Waals surface area contributed by atoms with Gasteiger partial charge in [-0.25, -0.2) is 4.79 Å². The van der Waals surface area contributed by atoms with Crippen LogP contribution >= 0.6 is 0 Å². The second-order valence-corrected chi connectivity index (χ2v) is 5.41. The minimum Gasteiger partial charge on any atom is -0.444 e. The molecule has 0 saturated carbocycles. The third-order valence-corrected chi connectivity index (χ3v) is 2.89. The SMILES string of the molecule is C[C@H]1c2[nH]ncc2CCN1C(=O)OC(C)(C)C. The van der Waals surface area contributed by atoms with E-state index < -0.39 is 5.60 Å². The second-order valence-electron chi connectivity index (χ2n) is 5.41. The van der Waals surface area contributed by atoms with Gasteiger partial charge in [-0.05, 0) is 39.7 Å². The molecule has 1 aliphatic heterocycles. The van der Waals surface area contributed by atoms with Crippen molar-refractivity contribution < 1.29 is 9.53 Å². The van der Waals surface area contributed by atoms with Crippen molar-refractivity contribution >= 4 is 6.09 Å². The third kappa shape index (κ3) is 2.43. The second kappa shape index (κ2) is 4.05. The first-order chi connectivity index (χ1) is 7.88. The molecule has 0 fully saturated rings. The zero-order valence-corrected chi connectivity index (χ0v) is 10.8. The van der Waals surface area contributed by atoms with Gasteiger partial charge in [-0.2, -0.15) is 5.10 Å². The van der Waals surface area contributed by atoms with E-state index in [-0.39, 0.29) is 12.1 Å². The summed E-state index contributed by atoms with van der Waals surface area (Å²) in [6, 6.07) is -0.00361. The molecule has 1 aromatic heterocycles. The van der Waals surface area contributed by atoms with E-state index in [0.717, 1.165) is 12.1 Å². The first kappa shape index (κ1) is 12.0. The molecular weight excluding hydrogens is 218 g/mol. The molecular formula is C12H19N3O2. The summed E-state index contributed by atoms with van der Waals surface area (Å²) < 4.78 is 5.39. The molecule has 1 N–H and O–H groups in total. The number of nitrogens with zero attached hydrogens (tertiary/aromatic N) is 2. The van der Waals surface area contributed by atoms with E-state index in [9.17, 15) is 4.79 Å². The lowest BCUT2D eigenvalue weighted by atomic mass is 10.0. The highest BCUT2D eigenvalue weighted by Crippen LogP contribution is 2.28. The van der Waals surface area contributed by atoms with Crippen molar-refractivity contribution in [1.82, 2.24) is 15.1 Å². The van der Waals surface area contributed by atoms with Crippen molar-refractivity contribution in [2.24, 2.45) is 0 Å². The number of carbonyl (C=O) groups is 1. The maximum atomic E-state index is 12.0. The number of nitrogens with one attached hydrogen (secondary N) is 1. The molecule has 5 nitrogen and oxygen atoms in total. The zero-order chi connectivity index (χ0) is 12.6. The molecule has 0 aliphatic carbocycles. The smallest absolute Gasteiger partial charge is 0.410 e. The highest BCUT2D eigenvalue weighted by atomic mass is 16.6. The standard InChI is InChI=1S/C12H19N3O2/c1-8-10-9(7-13-14-10)5-6-15(8)11(16)17-12(2,3)4/h7-8H,5-6H2,1-4H3,(H,13,14)/t8-/m0/s1. The molecule has 1 amide bonds. The normalized spacial score (nSPS) is 20.0. The van der Waals surface area contributed by atoms with Crippen LogP contribution in [0.1, 0.15) is 45.0 Å². The van der Waals surface area contributed by atoms with E-state index in [2.05, 4.69) is 10.2 Å². The molecule has 2 heterocycles. The predicted molar refractivity (Wildman–Crippen MR) is 63.6 cm³/mol. The van der Waals surface area contributed by atoms with E-state index in [4.69, 9.17) is 4.74 Å². The Morgan fingerprint density at radius 3 is 2.94 bits per heavy atom. The highest BCUT2D eigenvalue weighted by molar-refractivity contribution is 5.69.